The molecule has 0 amide bonds. The number of hydrogen-bond donors (Lipinski definition) is 2. The number of benzene rings is 1. The van der Waals surface area contributed by atoms with Crippen LogP contribution in [0, 0.1) is 5.92 Å². The molecule has 1 heterocycles. The van der Waals surface area contributed by atoms with Gasteiger partial charge in [0.05, 0.1) is 10.0 Å². The largest absolute Gasteiger partial charge is 0.316 e. The van der Waals surface area contributed by atoms with Gasteiger partial charge in [-0.15, -0.1) is 0 Å². The minimum Gasteiger partial charge on any atom is -0.316 e. The fraction of sp³-hybridized carbons (Fsp3) is 0.455. The first kappa shape index (κ1) is 14.1. The molecule has 1 atom stereocenters. The number of sulfonamides is 1. The maximum absolute atomic E-state index is 12.1. The van der Waals surface area contributed by atoms with Gasteiger partial charge in [-0.25, -0.2) is 13.1 Å². The molecule has 0 saturated carbocycles. The molecule has 100 valence electrons. The molecule has 7 heteroatoms. The first-order valence-corrected chi connectivity index (χ1v) is 7.89. The summed E-state index contributed by atoms with van der Waals surface area (Å²) < 4.78 is 26.8. The number of nitrogens with one attached hydrogen (secondary N) is 2. The standard InChI is InChI=1S/C11H14Cl2N2O2S/c12-9-2-1-3-10(13)11(9)18(16,17)15-7-8-4-5-14-6-8/h1-3,8,14-15H,4-7H2. The van der Waals surface area contributed by atoms with Gasteiger partial charge in [0, 0.05) is 6.54 Å². The highest BCUT2D eigenvalue weighted by Crippen LogP contribution is 2.28. The van der Waals surface area contributed by atoms with Crippen LogP contribution in [0.4, 0.5) is 0 Å². The molecule has 1 aliphatic heterocycles. The van der Waals surface area contributed by atoms with Crippen molar-refractivity contribution in [3.8, 4) is 0 Å². The molecule has 1 fully saturated rings. The summed E-state index contributed by atoms with van der Waals surface area (Å²) in [5.41, 5.74) is 0. The van der Waals surface area contributed by atoms with Gasteiger partial charge in [0.2, 0.25) is 10.0 Å². The lowest BCUT2D eigenvalue weighted by Gasteiger charge is -2.12. The summed E-state index contributed by atoms with van der Waals surface area (Å²) in [6, 6.07) is 4.64. The van der Waals surface area contributed by atoms with Crippen molar-refractivity contribution in [2.45, 2.75) is 11.3 Å². The van der Waals surface area contributed by atoms with Crippen LogP contribution in [0.5, 0.6) is 0 Å². The Bertz CT molecular complexity index is 508. The minimum atomic E-state index is -3.65. The van der Waals surface area contributed by atoms with Crippen LogP contribution < -0.4 is 10.0 Å². The quantitative estimate of drug-likeness (QED) is 0.893. The van der Waals surface area contributed by atoms with Crippen LogP contribution in [-0.4, -0.2) is 28.1 Å². The fourth-order valence-corrected chi connectivity index (χ4v) is 4.18. The SMILES string of the molecule is O=S(=O)(NCC1CCNC1)c1c(Cl)cccc1Cl. The first-order valence-electron chi connectivity index (χ1n) is 5.65. The van der Waals surface area contributed by atoms with Gasteiger partial charge in [0.15, 0.2) is 0 Å². The fourth-order valence-electron chi connectivity index (χ4n) is 1.93. The summed E-state index contributed by atoms with van der Waals surface area (Å²) >= 11 is 11.8. The molecule has 1 unspecified atom stereocenters. The Labute approximate surface area is 117 Å². The van der Waals surface area contributed by atoms with Gasteiger partial charge in [0.25, 0.3) is 0 Å². The third-order valence-corrected chi connectivity index (χ3v) is 5.29. The molecule has 0 bridgehead atoms. The average Bonchev–Trinajstić information content (AvgIpc) is 2.78. The van der Waals surface area contributed by atoms with Crippen LogP contribution in [-0.2, 0) is 10.0 Å². The summed E-state index contributed by atoms with van der Waals surface area (Å²) in [7, 11) is -3.65. The zero-order valence-electron chi connectivity index (χ0n) is 9.62. The Kier molecular flexibility index (Phi) is 4.50. The molecular formula is C11H14Cl2N2O2S. The second-order valence-electron chi connectivity index (χ2n) is 4.26. The minimum absolute atomic E-state index is 0.0423. The Hall–Kier alpha value is -0.330. The predicted molar refractivity (Wildman–Crippen MR) is 72.6 cm³/mol. The summed E-state index contributed by atoms with van der Waals surface area (Å²) in [5, 5.41) is 3.46. The van der Waals surface area contributed by atoms with E-state index in [-0.39, 0.29) is 14.9 Å². The molecule has 18 heavy (non-hydrogen) atoms. The highest BCUT2D eigenvalue weighted by Gasteiger charge is 2.23. The zero-order valence-corrected chi connectivity index (χ0v) is 11.9. The van der Waals surface area contributed by atoms with E-state index in [4.69, 9.17) is 23.2 Å². The lowest BCUT2D eigenvalue weighted by Crippen LogP contribution is -2.30. The van der Waals surface area contributed by atoms with Crippen LogP contribution in [0.15, 0.2) is 23.1 Å². The third kappa shape index (κ3) is 3.16. The predicted octanol–water partition coefficient (Wildman–Crippen LogP) is 1.88. The van der Waals surface area contributed by atoms with Crippen molar-refractivity contribution < 1.29 is 8.42 Å². The average molecular weight is 309 g/mol. The van der Waals surface area contributed by atoms with Gasteiger partial charge in [0.1, 0.15) is 4.90 Å². The van der Waals surface area contributed by atoms with E-state index in [1.54, 1.807) is 6.07 Å². The molecule has 1 aromatic carbocycles. The molecule has 0 spiro atoms. The first-order chi connectivity index (χ1) is 8.50. The van der Waals surface area contributed by atoms with Crippen molar-refractivity contribution in [3.63, 3.8) is 0 Å². The van der Waals surface area contributed by atoms with Crippen LogP contribution in [0.3, 0.4) is 0 Å². The van der Waals surface area contributed by atoms with Crippen molar-refractivity contribution in [1.82, 2.24) is 10.0 Å². The lowest BCUT2D eigenvalue weighted by molar-refractivity contribution is 0.539. The van der Waals surface area contributed by atoms with Crippen molar-refractivity contribution in [2.24, 2.45) is 5.92 Å². The Morgan fingerprint density at radius 2 is 2.00 bits per heavy atom. The second kappa shape index (κ2) is 5.75. The Morgan fingerprint density at radius 1 is 1.33 bits per heavy atom. The van der Waals surface area contributed by atoms with E-state index in [0.717, 1.165) is 19.5 Å². The summed E-state index contributed by atoms with van der Waals surface area (Å²) in [5.74, 6) is 0.320. The van der Waals surface area contributed by atoms with Crippen molar-refractivity contribution >= 4 is 33.2 Å². The molecule has 4 nitrogen and oxygen atoms in total. The molecule has 1 aromatic rings. The van der Waals surface area contributed by atoms with E-state index >= 15 is 0 Å². The molecular weight excluding hydrogens is 295 g/mol. The van der Waals surface area contributed by atoms with Crippen molar-refractivity contribution in [2.75, 3.05) is 19.6 Å². The van der Waals surface area contributed by atoms with Gasteiger partial charge >= 0.3 is 0 Å². The highest BCUT2D eigenvalue weighted by molar-refractivity contribution is 7.89. The van der Waals surface area contributed by atoms with Gasteiger partial charge in [-0.2, -0.15) is 0 Å². The molecule has 0 aromatic heterocycles. The molecule has 1 saturated heterocycles. The highest BCUT2D eigenvalue weighted by atomic mass is 35.5. The van der Waals surface area contributed by atoms with Crippen molar-refractivity contribution in [3.05, 3.63) is 28.2 Å². The smallest absolute Gasteiger partial charge is 0.243 e. The number of halogens is 2. The van der Waals surface area contributed by atoms with Gasteiger partial charge in [-0.3, -0.25) is 0 Å². The molecule has 2 rings (SSSR count). The molecule has 2 N–H and O–H groups in total. The van der Waals surface area contributed by atoms with Crippen LogP contribution in [0.2, 0.25) is 10.0 Å². The maximum atomic E-state index is 12.1. The second-order valence-corrected chi connectivity index (χ2v) is 6.78. The Balaban J connectivity index is 2.15. The number of rotatable bonds is 4. The van der Waals surface area contributed by atoms with E-state index in [9.17, 15) is 8.42 Å². The molecule has 0 radical (unpaired) electrons. The molecule has 0 aliphatic carbocycles. The summed E-state index contributed by atoms with van der Waals surface area (Å²) in [4.78, 5) is -0.0423. The van der Waals surface area contributed by atoms with Gasteiger partial charge in [-0.05, 0) is 37.6 Å². The van der Waals surface area contributed by atoms with E-state index in [1.165, 1.54) is 12.1 Å². The van der Waals surface area contributed by atoms with Crippen LogP contribution in [0.1, 0.15) is 6.42 Å². The lowest BCUT2D eigenvalue weighted by atomic mass is 10.1. The maximum Gasteiger partial charge on any atom is 0.243 e. The van der Waals surface area contributed by atoms with E-state index < -0.39 is 10.0 Å². The normalized spacial score (nSPS) is 20.2. The van der Waals surface area contributed by atoms with Crippen LogP contribution in [0.25, 0.3) is 0 Å². The van der Waals surface area contributed by atoms with Gasteiger partial charge in [-0.1, -0.05) is 29.3 Å². The van der Waals surface area contributed by atoms with E-state index in [1.807, 2.05) is 0 Å². The van der Waals surface area contributed by atoms with E-state index in [2.05, 4.69) is 10.0 Å². The van der Waals surface area contributed by atoms with E-state index in [0.29, 0.717) is 12.5 Å². The molecule has 1 aliphatic rings. The number of hydrogen-bond acceptors (Lipinski definition) is 3. The monoisotopic (exact) mass is 308 g/mol. The summed E-state index contributed by atoms with van der Waals surface area (Å²) in [6.45, 7) is 2.16. The Morgan fingerprint density at radius 3 is 2.56 bits per heavy atom. The van der Waals surface area contributed by atoms with Crippen molar-refractivity contribution in [1.29, 1.82) is 0 Å². The van der Waals surface area contributed by atoms with Gasteiger partial charge < -0.3 is 5.32 Å². The van der Waals surface area contributed by atoms with Crippen LogP contribution >= 0.6 is 23.2 Å². The third-order valence-electron chi connectivity index (χ3n) is 2.91. The topological polar surface area (TPSA) is 58.2 Å². The summed E-state index contributed by atoms with van der Waals surface area (Å²) in [6.07, 6.45) is 0.971. The zero-order chi connectivity index (χ0) is 13.2.